The van der Waals surface area contributed by atoms with Gasteiger partial charge in [0.05, 0.1) is 6.10 Å². The molecular weight excluding hydrogens is 388 g/mol. The smallest absolute Gasteiger partial charge is 0.0818 e. The van der Waals surface area contributed by atoms with Crippen LogP contribution < -0.4 is 0 Å². The van der Waals surface area contributed by atoms with Gasteiger partial charge < -0.3 is 4.74 Å². The largest absolute Gasteiger partial charge is 0.377 e. The van der Waals surface area contributed by atoms with Gasteiger partial charge in [-0.05, 0) is 85.5 Å². The molecule has 3 rings (SSSR count). The van der Waals surface area contributed by atoms with E-state index < -0.39 is 0 Å². The number of hydrogen-bond acceptors (Lipinski definition) is 1. The molecule has 2 aromatic carbocycles. The summed E-state index contributed by atoms with van der Waals surface area (Å²) in [6.07, 6.45) is 19.0. The van der Waals surface area contributed by atoms with Crippen molar-refractivity contribution in [2.45, 2.75) is 96.5 Å². The van der Waals surface area contributed by atoms with Gasteiger partial charge >= 0.3 is 0 Å². The van der Waals surface area contributed by atoms with Crippen molar-refractivity contribution in [2.24, 2.45) is 5.92 Å². The molecule has 32 heavy (non-hydrogen) atoms. The van der Waals surface area contributed by atoms with E-state index in [1.165, 1.54) is 86.5 Å². The van der Waals surface area contributed by atoms with Crippen LogP contribution >= 0.6 is 0 Å². The Kier molecular flexibility index (Phi) is 10.6. The number of aryl methyl sites for hydroxylation is 1. The van der Waals surface area contributed by atoms with Crippen molar-refractivity contribution in [2.75, 3.05) is 7.11 Å². The van der Waals surface area contributed by atoms with E-state index in [0.29, 0.717) is 0 Å². The lowest BCUT2D eigenvalue weighted by Crippen LogP contribution is -2.13. The Labute approximate surface area is 197 Å². The second-order valence-electron chi connectivity index (χ2n) is 9.70. The molecule has 1 unspecified atom stereocenters. The molecule has 1 nitrogen and oxygen atoms in total. The average Bonchev–Trinajstić information content (AvgIpc) is 2.84. The van der Waals surface area contributed by atoms with Crippen molar-refractivity contribution in [3.63, 3.8) is 0 Å². The minimum absolute atomic E-state index is 0.236. The second kappa shape index (κ2) is 13.6. The van der Waals surface area contributed by atoms with Crippen molar-refractivity contribution in [1.29, 1.82) is 0 Å². The molecule has 0 bridgehead atoms. The Morgan fingerprint density at radius 3 is 2.25 bits per heavy atom. The lowest BCUT2D eigenvalue weighted by molar-refractivity contribution is 0.100. The van der Waals surface area contributed by atoms with Crippen LogP contribution in [0.5, 0.6) is 0 Å². The standard InChI is InChI=1S/C31H44O/c1-4-6-7-10-25-13-15-26(16-14-25)11-8-9-12-27-17-19-28(20-18-27)29-21-23-30(24-22-29)31(5-2)32-3/h7,10,13-16,21-24,27-28,31H,4-6,8-9,11-12,17-20H2,1-3H3. The summed E-state index contributed by atoms with van der Waals surface area (Å²) in [6, 6.07) is 18.5. The lowest BCUT2D eigenvalue weighted by atomic mass is 9.77. The molecule has 0 heterocycles. The Balaban J connectivity index is 1.34. The Bertz CT molecular complexity index is 774. The Morgan fingerprint density at radius 2 is 1.62 bits per heavy atom. The van der Waals surface area contributed by atoms with Crippen LogP contribution in [0.2, 0.25) is 0 Å². The predicted octanol–water partition coefficient (Wildman–Crippen LogP) is 9.28. The number of benzene rings is 2. The number of rotatable bonds is 12. The number of ether oxygens (including phenoxy) is 1. The molecule has 1 heteroatoms. The van der Waals surface area contributed by atoms with Gasteiger partial charge in [-0.2, -0.15) is 0 Å². The molecule has 0 amide bonds. The first-order valence-electron chi connectivity index (χ1n) is 13.1. The van der Waals surface area contributed by atoms with Gasteiger partial charge in [-0.15, -0.1) is 0 Å². The molecule has 1 aliphatic carbocycles. The summed E-state index contributed by atoms with van der Waals surface area (Å²) in [6.45, 7) is 4.41. The summed E-state index contributed by atoms with van der Waals surface area (Å²) in [7, 11) is 1.81. The highest BCUT2D eigenvalue weighted by Crippen LogP contribution is 2.38. The maximum atomic E-state index is 5.58. The van der Waals surface area contributed by atoms with Crippen LogP contribution in [0, 0.1) is 5.92 Å². The minimum Gasteiger partial charge on any atom is -0.377 e. The fraction of sp³-hybridized carbons (Fsp3) is 0.548. The number of hydrogen-bond donors (Lipinski definition) is 0. The number of allylic oxidation sites excluding steroid dienone is 1. The van der Waals surface area contributed by atoms with Crippen molar-refractivity contribution < 1.29 is 4.74 Å². The van der Waals surface area contributed by atoms with Gasteiger partial charge in [0.1, 0.15) is 0 Å². The van der Waals surface area contributed by atoms with Gasteiger partial charge in [-0.1, -0.05) is 93.8 Å². The van der Waals surface area contributed by atoms with Crippen molar-refractivity contribution in [3.05, 3.63) is 76.9 Å². The summed E-state index contributed by atoms with van der Waals surface area (Å²) >= 11 is 0. The highest BCUT2D eigenvalue weighted by Gasteiger charge is 2.22. The van der Waals surface area contributed by atoms with Gasteiger partial charge in [0.2, 0.25) is 0 Å². The first-order chi connectivity index (χ1) is 15.7. The van der Waals surface area contributed by atoms with Crippen LogP contribution in [0.3, 0.4) is 0 Å². The van der Waals surface area contributed by atoms with E-state index in [1.54, 1.807) is 0 Å². The van der Waals surface area contributed by atoms with E-state index in [-0.39, 0.29) is 6.10 Å². The molecule has 1 atom stereocenters. The van der Waals surface area contributed by atoms with Gasteiger partial charge in [0.25, 0.3) is 0 Å². The zero-order valence-electron chi connectivity index (χ0n) is 20.7. The highest BCUT2D eigenvalue weighted by molar-refractivity contribution is 5.49. The third kappa shape index (κ3) is 7.62. The van der Waals surface area contributed by atoms with Gasteiger partial charge in [-0.3, -0.25) is 0 Å². The monoisotopic (exact) mass is 432 g/mol. The zero-order valence-corrected chi connectivity index (χ0v) is 20.7. The van der Waals surface area contributed by atoms with Crippen LogP contribution in [0.4, 0.5) is 0 Å². The Morgan fingerprint density at radius 1 is 0.906 bits per heavy atom. The first kappa shape index (κ1) is 24.8. The second-order valence-corrected chi connectivity index (χ2v) is 9.70. The number of methoxy groups -OCH3 is 1. The van der Waals surface area contributed by atoms with E-state index in [0.717, 1.165) is 18.3 Å². The summed E-state index contributed by atoms with van der Waals surface area (Å²) < 4.78 is 5.58. The van der Waals surface area contributed by atoms with Crippen LogP contribution in [0.1, 0.15) is 112 Å². The molecule has 0 spiro atoms. The third-order valence-electron chi connectivity index (χ3n) is 7.35. The topological polar surface area (TPSA) is 9.23 Å². The third-order valence-corrected chi connectivity index (χ3v) is 7.35. The fourth-order valence-corrected chi connectivity index (χ4v) is 5.25. The Hall–Kier alpha value is -1.86. The molecule has 1 fully saturated rings. The molecule has 0 aliphatic heterocycles. The van der Waals surface area contributed by atoms with Crippen molar-refractivity contribution in [1.82, 2.24) is 0 Å². The number of unbranched alkanes of at least 4 members (excludes halogenated alkanes) is 2. The van der Waals surface area contributed by atoms with Crippen LogP contribution in [0.15, 0.2) is 54.6 Å². The van der Waals surface area contributed by atoms with Crippen LogP contribution in [0.25, 0.3) is 6.08 Å². The summed E-state index contributed by atoms with van der Waals surface area (Å²) in [4.78, 5) is 0. The average molecular weight is 433 g/mol. The van der Waals surface area contributed by atoms with Crippen LogP contribution in [-0.2, 0) is 11.2 Å². The van der Waals surface area contributed by atoms with Gasteiger partial charge in [-0.25, -0.2) is 0 Å². The van der Waals surface area contributed by atoms with E-state index in [4.69, 9.17) is 4.74 Å². The summed E-state index contributed by atoms with van der Waals surface area (Å²) in [5.74, 6) is 1.70. The minimum atomic E-state index is 0.236. The molecule has 0 N–H and O–H groups in total. The zero-order chi connectivity index (χ0) is 22.6. The maximum Gasteiger partial charge on any atom is 0.0818 e. The molecule has 2 aromatic rings. The van der Waals surface area contributed by atoms with E-state index >= 15 is 0 Å². The lowest BCUT2D eigenvalue weighted by Gasteiger charge is -2.29. The summed E-state index contributed by atoms with van der Waals surface area (Å²) in [5, 5.41) is 0. The first-order valence-corrected chi connectivity index (χ1v) is 13.1. The molecular formula is C31H44O. The van der Waals surface area contributed by atoms with Gasteiger partial charge in [0, 0.05) is 7.11 Å². The van der Waals surface area contributed by atoms with Gasteiger partial charge in [0.15, 0.2) is 0 Å². The van der Waals surface area contributed by atoms with E-state index in [9.17, 15) is 0 Å². The predicted molar refractivity (Wildman–Crippen MR) is 139 cm³/mol. The molecule has 0 radical (unpaired) electrons. The molecule has 1 aliphatic rings. The SMILES string of the molecule is CCCC=Cc1ccc(CCCCC2CCC(c3ccc(C(CC)OC)cc3)CC2)cc1. The maximum absolute atomic E-state index is 5.58. The fourth-order valence-electron chi connectivity index (χ4n) is 5.25. The molecule has 1 saturated carbocycles. The highest BCUT2D eigenvalue weighted by atomic mass is 16.5. The van der Waals surface area contributed by atoms with Crippen molar-refractivity contribution in [3.8, 4) is 0 Å². The quantitative estimate of drug-likeness (QED) is 0.304. The molecule has 174 valence electrons. The summed E-state index contributed by atoms with van der Waals surface area (Å²) in [5.41, 5.74) is 5.67. The normalized spacial score (nSPS) is 20.0. The van der Waals surface area contributed by atoms with Crippen LogP contribution in [-0.4, -0.2) is 7.11 Å². The van der Waals surface area contributed by atoms with E-state index in [2.05, 4.69) is 74.5 Å². The van der Waals surface area contributed by atoms with E-state index in [1.807, 2.05) is 7.11 Å². The van der Waals surface area contributed by atoms with Crippen molar-refractivity contribution >= 4 is 6.08 Å². The molecule has 0 aromatic heterocycles. The molecule has 0 saturated heterocycles.